The Kier molecular flexibility index (Phi) is 3.50. The predicted molar refractivity (Wildman–Crippen MR) is 78.2 cm³/mol. The van der Waals surface area contributed by atoms with Gasteiger partial charge >= 0.3 is 0 Å². The van der Waals surface area contributed by atoms with Gasteiger partial charge in [-0.05, 0) is 35.2 Å². The molecule has 20 heavy (non-hydrogen) atoms. The van der Waals surface area contributed by atoms with E-state index in [1.165, 1.54) is 11.1 Å². The van der Waals surface area contributed by atoms with E-state index in [1.54, 1.807) is 12.4 Å². The number of rotatable bonds is 2. The number of pyridine rings is 1. The lowest BCUT2D eigenvalue weighted by Crippen LogP contribution is -2.40. The average Bonchev–Trinajstić information content (AvgIpc) is 2.53. The molecule has 2 aromatic rings. The summed E-state index contributed by atoms with van der Waals surface area (Å²) in [5.41, 5.74) is 3.72. The number of fused-ring (bicyclic) bond motifs is 1. The molecule has 0 N–H and O–H groups in total. The van der Waals surface area contributed by atoms with Crippen molar-refractivity contribution in [2.75, 3.05) is 6.54 Å². The summed E-state index contributed by atoms with van der Waals surface area (Å²) >= 11 is 0. The Bertz CT molecular complexity index is 609. The third kappa shape index (κ3) is 2.20. The van der Waals surface area contributed by atoms with Crippen LogP contribution in [-0.2, 0) is 11.2 Å². The van der Waals surface area contributed by atoms with Gasteiger partial charge in [0.05, 0.1) is 6.04 Å². The Hall–Kier alpha value is -2.16. The van der Waals surface area contributed by atoms with Gasteiger partial charge in [-0.2, -0.15) is 0 Å². The van der Waals surface area contributed by atoms with E-state index in [0.29, 0.717) is 6.42 Å². The minimum atomic E-state index is 0.0235. The molecule has 3 rings (SSSR count). The summed E-state index contributed by atoms with van der Waals surface area (Å²) in [5.74, 6) is 0.210. The quantitative estimate of drug-likeness (QED) is 0.837. The highest BCUT2D eigenvalue weighted by Gasteiger charge is 2.30. The van der Waals surface area contributed by atoms with Gasteiger partial charge in [0, 0.05) is 25.4 Å². The molecule has 2 heterocycles. The zero-order valence-electron chi connectivity index (χ0n) is 11.6. The summed E-state index contributed by atoms with van der Waals surface area (Å²) in [6, 6.07) is 12.4. The molecule has 1 unspecified atom stereocenters. The van der Waals surface area contributed by atoms with Crippen LogP contribution >= 0.6 is 0 Å². The van der Waals surface area contributed by atoms with E-state index in [4.69, 9.17) is 0 Å². The lowest BCUT2D eigenvalue weighted by molar-refractivity contribution is -0.132. The number of carbonyl (C=O) groups is 1. The van der Waals surface area contributed by atoms with Crippen molar-refractivity contribution in [3.05, 3.63) is 65.5 Å². The number of hydrogen-bond acceptors (Lipinski definition) is 2. The first-order chi connectivity index (χ1) is 9.81. The van der Waals surface area contributed by atoms with Crippen LogP contribution in [0.2, 0.25) is 0 Å². The molecule has 0 aliphatic carbocycles. The highest BCUT2D eigenvalue weighted by Crippen LogP contribution is 2.35. The van der Waals surface area contributed by atoms with E-state index in [2.05, 4.69) is 23.2 Å². The molecule has 0 saturated heterocycles. The molecule has 3 nitrogen and oxygen atoms in total. The summed E-state index contributed by atoms with van der Waals surface area (Å²) in [5, 5.41) is 0. The molecular weight excluding hydrogens is 248 g/mol. The maximum absolute atomic E-state index is 12.3. The summed E-state index contributed by atoms with van der Waals surface area (Å²) in [7, 11) is 0. The van der Waals surface area contributed by atoms with E-state index in [0.717, 1.165) is 18.5 Å². The van der Waals surface area contributed by atoms with E-state index in [-0.39, 0.29) is 11.9 Å². The third-order valence-electron chi connectivity index (χ3n) is 3.93. The fourth-order valence-corrected chi connectivity index (χ4v) is 2.94. The largest absolute Gasteiger partial charge is 0.331 e. The van der Waals surface area contributed by atoms with Crippen LogP contribution < -0.4 is 0 Å². The van der Waals surface area contributed by atoms with E-state index < -0.39 is 0 Å². The number of aromatic nitrogens is 1. The molecule has 0 spiro atoms. The van der Waals surface area contributed by atoms with Crippen LogP contribution in [-0.4, -0.2) is 22.3 Å². The molecule has 0 radical (unpaired) electrons. The van der Waals surface area contributed by atoms with Crippen molar-refractivity contribution in [2.24, 2.45) is 0 Å². The molecule has 1 aromatic heterocycles. The van der Waals surface area contributed by atoms with Crippen LogP contribution in [0.1, 0.15) is 36.1 Å². The second-order valence-electron chi connectivity index (χ2n) is 5.07. The van der Waals surface area contributed by atoms with Gasteiger partial charge in [-0.15, -0.1) is 0 Å². The topological polar surface area (TPSA) is 33.2 Å². The molecule has 1 aliphatic rings. The van der Waals surface area contributed by atoms with Crippen LogP contribution in [0.5, 0.6) is 0 Å². The normalized spacial score (nSPS) is 17.6. The molecule has 3 heteroatoms. The van der Waals surface area contributed by atoms with Gasteiger partial charge in [0.2, 0.25) is 5.91 Å². The van der Waals surface area contributed by atoms with Crippen molar-refractivity contribution >= 4 is 5.91 Å². The van der Waals surface area contributed by atoms with E-state index in [1.807, 2.05) is 30.0 Å². The Morgan fingerprint density at radius 3 is 2.75 bits per heavy atom. The Morgan fingerprint density at radius 1 is 1.25 bits per heavy atom. The zero-order chi connectivity index (χ0) is 13.9. The fraction of sp³-hybridized carbons (Fsp3) is 0.294. The second-order valence-corrected chi connectivity index (χ2v) is 5.07. The minimum Gasteiger partial charge on any atom is -0.331 e. The van der Waals surface area contributed by atoms with Crippen LogP contribution in [0.4, 0.5) is 0 Å². The highest BCUT2D eigenvalue weighted by atomic mass is 16.2. The van der Waals surface area contributed by atoms with Crippen molar-refractivity contribution in [3.8, 4) is 0 Å². The van der Waals surface area contributed by atoms with Gasteiger partial charge in [0.25, 0.3) is 0 Å². The SMILES string of the molecule is CCC(=O)N1CCc2ccccc2C1c1ccncc1. The Morgan fingerprint density at radius 2 is 2.00 bits per heavy atom. The average molecular weight is 266 g/mol. The maximum Gasteiger partial charge on any atom is 0.223 e. The molecule has 0 fully saturated rings. The number of benzene rings is 1. The van der Waals surface area contributed by atoms with E-state index >= 15 is 0 Å². The number of nitrogens with zero attached hydrogens (tertiary/aromatic N) is 2. The van der Waals surface area contributed by atoms with Crippen molar-refractivity contribution in [1.29, 1.82) is 0 Å². The number of hydrogen-bond donors (Lipinski definition) is 0. The molecule has 0 bridgehead atoms. The summed E-state index contributed by atoms with van der Waals surface area (Å²) in [6.45, 7) is 2.71. The van der Waals surface area contributed by atoms with Gasteiger partial charge in [0.15, 0.2) is 0 Å². The fourth-order valence-electron chi connectivity index (χ4n) is 2.94. The zero-order valence-corrected chi connectivity index (χ0v) is 11.6. The third-order valence-corrected chi connectivity index (χ3v) is 3.93. The van der Waals surface area contributed by atoms with Crippen molar-refractivity contribution in [3.63, 3.8) is 0 Å². The molecule has 1 atom stereocenters. The number of carbonyl (C=O) groups excluding carboxylic acids is 1. The van der Waals surface area contributed by atoms with Gasteiger partial charge in [0.1, 0.15) is 0 Å². The van der Waals surface area contributed by atoms with Crippen LogP contribution in [0.25, 0.3) is 0 Å². The molecule has 0 saturated carbocycles. The van der Waals surface area contributed by atoms with Crippen LogP contribution in [0, 0.1) is 0 Å². The van der Waals surface area contributed by atoms with Gasteiger partial charge < -0.3 is 4.90 Å². The monoisotopic (exact) mass is 266 g/mol. The smallest absolute Gasteiger partial charge is 0.223 e. The summed E-state index contributed by atoms with van der Waals surface area (Å²) in [4.78, 5) is 18.4. The van der Waals surface area contributed by atoms with Crippen LogP contribution in [0.3, 0.4) is 0 Å². The molecule has 1 aromatic carbocycles. The second kappa shape index (κ2) is 5.45. The first-order valence-corrected chi connectivity index (χ1v) is 7.08. The first kappa shape index (κ1) is 12.9. The van der Waals surface area contributed by atoms with Gasteiger partial charge in [-0.1, -0.05) is 31.2 Å². The Balaban J connectivity index is 2.10. The molecule has 1 amide bonds. The minimum absolute atomic E-state index is 0.0235. The summed E-state index contributed by atoms with van der Waals surface area (Å²) in [6.07, 6.45) is 5.07. The molecular formula is C17H18N2O. The lowest BCUT2D eigenvalue weighted by Gasteiger charge is -2.37. The highest BCUT2D eigenvalue weighted by molar-refractivity contribution is 5.77. The lowest BCUT2D eigenvalue weighted by atomic mass is 9.88. The van der Waals surface area contributed by atoms with Crippen molar-refractivity contribution in [2.45, 2.75) is 25.8 Å². The first-order valence-electron chi connectivity index (χ1n) is 7.08. The van der Waals surface area contributed by atoms with Crippen molar-refractivity contribution < 1.29 is 4.79 Å². The summed E-state index contributed by atoms with van der Waals surface area (Å²) < 4.78 is 0. The van der Waals surface area contributed by atoms with E-state index in [9.17, 15) is 4.79 Å². The van der Waals surface area contributed by atoms with Gasteiger partial charge in [-0.3, -0.25) is 9.78 Å². The van der Waals surface area contributed by atoms with Gasteiger partial charge in [-0.25, -0.2) is 0 Å². The number of amides is 1. The molecule has 102 valence electrons. The van der Waals surface area contributed by atoms with Crippen molar-refractivity contribution in [1.82, 2.24) is 9.88 Å². The Labute approximate surface area is 119 Å². The maximum atomic E-state index is 12.3. The molecule has 1 aliphatic heterocycles. The predicted octanol–water partition coefficient (Wildman–Crippen LogP) is 2.97. The van der Waals surface area contributed by atoms with Crippen LogP contribution in [0.15, 0.2) is 48.8 Å². The standard InChI is InChI=1S/C17H18N2O/c1-2-16(20)19-12-9-13-5-3-4-6-15(13)17(19)14-7-10-18-11-8-14/h3-8,10-11,17H,2,9,12H2,1H3.